The standard InChI is InChI=1S/C21H28N4O3/c22-16-3-1-2-13(8-16)10-23-11-14-4-5-15-12-25(21(28)17(15)9-14)18-6-7-19(26)24-20(18)27/h4-5,9,13,16,18,23H,1-3,6-8,10-12,22H2,(H,24,26,27). The average molecular weight is 384 g/mol. The smallest absolute Gasteiger partial charge is 0.255 e. The number of nitrogens with two attached hydrogens (primary N) is 1. The number of nitrogens with zero attached hydrogens (tertiary/aromatic N) is 1. The van der Waals surface area contributed by atoms with Crippen molar-refractivity contribution in [2.75, 3.05) is 6.54 Å². The molecule has 7 heteroatoms. The van der Waals surface area contributed by atoms with E-state index >= 15 is 0 Å². The molecule has 2 aliphatic heterocycles. The van der Waals surface area contributed by atoms with E-state index < -0.39 is 6.04 Å². The van der Waals surface area contributed by atoms with E-state index in [0.717, 1.165) is 30.5 Å². The Labute approximate surface area is 165 Å². The van der Waals surface area contributed by atoms with Gasteiger partial charge >= 0.3 is 0 Å². The van der Waals surface area contributed by atoms with Crippen molar-refractivity contribution in [3.8, 4) is 0 Å². The van der Waals surface area contributed by atoms with Crippen LogP contribution in [0.15, 0.2) is 18.2 Å². The second-order valence-corrected chi connectivity index (χ2v) is 8.32. The van der Waals surface area contributed by atoms with Crippen molar-refractivity contribution < 1.29 is 14.4 Å². The van der Waals surface area contributed by atoms with Crippen molar-refractivity contribution in [3.05, 3.63) is 34.9 Å². The maximum Gasteiger partial charge on any atom is 0.255 e. The maximum absolute atomic E-state index is 12.9. The van der Waals surface area contributed by atoms with Gasteiger partial charge in [-0.25, -0.2) is 0 Å². The van der Waals surface area contributed by atoms with E-state index in [2.05, 4.69) is 10.6 Å². The Morgan fingerprint density at radius 3 is 2.82 bits per heavy atom. The summed E-state index contributed by atoms with van der Waals surface area (Å²) in [7, 11) is 0. The quantitative estimate of drug-likeness (QED) is 0.659. The predicted molar refractivity (Wildman–Crippen MR) is 104 cm³/mol. The minimum absolute atomic E-state index is 0.121. The van der Waals surface area contributed by atoms with E-state index in [4.69, 9.17) is 5.73 Å². The third kappa shape index (κ3) is 3.95. The molecule has 0 aromatic heterocycles. The van der Waals surface area contributed by atoms with Gasteiger partial charge in [-0.1, -0.05) is 18.6 Å². The van der Waals surface area contributed by atoms with Gasteiger partial charge in [0.1, 0.15) is 6.04 Å². The van der Waals surface area contributed by atoms with Gasteiger partial charge in [0.2, 0.25) is 11.8 Å². The zero-order valence-electron chi connectivity index (χ0n) is 16.1. The molecule has 1 saturated heterocycles. The number of hydrogen-bond donors (Lipinski definition) is 3. The number of piperidine rings is 1. The summed E-state index contributed by atoms with van der Waals surface area (Å²) in [6.07, 6.45) is 5.31. The van der Waals surface area contributed by atoms with Crippen LogP contribution in [0.25, 0.3) is 0 Å². The van der Waals surface area contributed by atoms with Crippen molar-refractivity contribution in [2.45, 2.75) is 63.7 Å². The highest BCUT2D eigenvalue weighted by molar-refractivity contribution is 6.05. The average Bonchev–Trinajstić information content (AvgIpc) is 2.98. The van der Waals surface area contributed by atoms with Gasteiger partial charge in [-0.2, -0.15) is 0 Å². The fraction of sp³-hybridized carbons (Fsp3) is 0.571. The summed E-state index contributed by atoms with van der Waals surface area (Å²) < 4.78 is 0. The molecule has 28 heavy (non-hydrogen) atoms. The molecule has 0 radical (unpaired) electrons. The first-order chi connectivity index (χ1) is 13.5. The fourth-order valence-corrected chi connectivity index (χ4v) is 4.65. The van der Waals surface area contributed by atoms with Crippen LogP contribution in [0, 0.1) is 5.92 Å². The molecule has 3 amide bonds. The van der Waals surface area contributed by atoms with E-state index in [1.54, 1.807) is 4.90 Å². The summed E-state index contributed by atoms with van der Waals surface area (Å²) in [5, 5.41) is 5.84. The van der Waals surface area contributed by atoms with Crippen LogP contribution >= 0.6 is 0 Å². The van der Waals surface area contributed by atoms with Crippen LogP contribution in [0.1, 0.15) is 60.0 Å². The minimum atomic E-state index is -0.560. The number of nitrogens with one attached hydrogen (secondary N) is 2. The van der Waals surface area contributed by atoms with Gasteiger partial charge in [-0.05, 0) is 55.3 Å². The van der Waals surface area contributed by atoms with Crippen LogP contribution in [0.5, 0.6) is 0 Å². The third-order valence-electron chi connectivity index (χ3n) is 6.18. The highest BCUT2D eigenvalue weighted by Gasteiger charge is 2.39. The number of carbonyl (C=O) groups is 3. The molecular formula is C21H28N4O3. The summed E-state index contributed by atoms with van der Waals surface area (Å²) in [4.78, 5) is 37.9. The van der Waals surface area contributed by atoms with Crippen LogP contribution in [-0.4, -0.2) is 41.2 Å². The Balaban J connectivity index is 1.36. The van der Waals surface area contributed by atoms with Crippen LogP contribution in [-0.2, 0) is 22.7 Å². The van der Waals surface area contributed by atoms with Crippen LogP contribution in [0.4, 0.5) is 0 Å². The van der Waals surface area contributed by atoms with E-state index in [9.17, 15) is 14.4 Å². The van der Waals surface area contributed by atoms with Crippen molar-refractivity contribution in [2.24, 2.45) is 11.7 Å². The maximum atomic E-state index is 12.9. The lowest BCUT2D eigenvalue weighted by molar-refractivity contribution is -0.136. The lowest BCUT2D eigenvalue weighted by atomic mass is 9.86. The Kier molecular flexibility index (Phi) is 5.46. The summed E-state index contributed by atoms with van der Waals surface area (Å²) in [6, 6.07) is 5.72. The largest absolute Gasteiger partial charge is 0.328 e. The fourth-order valence-electron chi connectivity index (χ4n) is 4.65. The van der Waals surface area contributed by atoms with E-state index in [1.807, 2.05) is 18.2 Å². The van der Waals surface area contributed by atoms with E-state index in [-0.39, 0.29) is 24.1 Å². The molecule has 3 aliphatic rings. The molecule has 4 rings (SSSR count). The van der Waals surface area contributed by atoms with Gasteiger partial charge in [0.05, 0.1) is 0 Å². The monoisotopic (exact) mass is 384 g/mol. The van der Waals surface area contributed by atoms with Gasteiger partial charge in [0.25, 0.3) is 5.91 Å². The SMILES string of the molecule is NC1CCCC(CNCc2ccc3c(c2)C(=O)N(C2CCC(=O)NC2=O)C3)C1. The Bertz CT molecular complexity index is 794. The number of amides is 3. The summed E-state index contributed by atoms with van der Waals surface area (Å²) in [5.74, 6) is -0.130. The van der Waals surface area contributed by atoms with Crippen molar-refractivity contribution in [3.63, 3.8) is 0 Å². The lowest BCUT2D eigenvalue weighted by Gasteiger charge is -2.29. The van der Waals surface area contributed by atoms with Gasteiger partial charge in [-0.15, -0.1) is 0 Å². The van der Waals surface area contributed by atoms with Crippen LogP contribution in [0.2, 0.25) is 0 Å². The molecule has 1 aromatic carbocycles. The molecule has 0 bridgehead atoms. The van der Waals surface area contributed by atoms with Crippen molar-refractivity contribution in [1.82, 2.24) is 15.5 Å². The predicted octanol–water partition coefficient (Wildman–Crippen LogP) is 1.05. The number of hydrogen-bond acceptors (Lipinski definition) is 5. The van der Waals surface area contributed by atoms with Crippen molar-refractivity contribution >= 4 is 17.7 Å². The molecule has 2 heterocycles. The number of imide groups is 1. The number of rotatable bonds is 5. The summed E-state index contributed by atoms with van der Waals surface area (Å²) in [5.41, 5.74) is 8.74. The third-order valence-corrected chi connectivity index (χ3v) is 6.18. The Morgan fingerprint density at radius 2 is 2.04 bits per heavy atom. The Morgan fingerprint density at radius 1 is 1.18 bits per heavy atom. The first kappa shape index (κ1) is 19.1. The molecule has 3 unspecified atom stereocenters. The second-order valence-electron chi connectivity index (χ2n) is 8.32. The van der Waals surface area contributed by atoms with E-state index in [0.29, 0.717) is 37.0 Å². The molecule has 1 aromatic rings. The first-order valence-electron chi connectivity index (χ1n) is 10.2. The molecule has 4 N–H and O–H groups in total. The van der Waals surface area contributed by atoms with Gasteiger partial charge in [0.15, 0.2) is 0 Å². The number of benzene rings is 1. The molecule has 1 saturated carbocycles. The highest BCUT2D eigenvalue weighted by Crippen LogP contribution is 2.28. The zero-order chi connectivity index (χ0) is 19.7. The molecular weight excluding hydrogens is 356 g/mol. The molecule has 150 valence electrons. The van der Waals surface area contributed by atoms with Gasteiger partial charge in [-0.3, -0.25) is 19.7 Å². The second kappa shape index (κ2) is 8.01. The normalized spacial score (nSPS) is 27.7. The summed E-state index contributed by atoms with van der Waals surface area (Å²) in [6.45, 7) is 2.08. The number of fused-ring (bicyclic) bond motifs is 1. The lowest BCUT2D eigenvalue weighted by Crippen LogP contribution is -2.52. The summed E-state index contributed by atoms with van der Waals surface area (Å²) >= 11 is 0. The van der Waals surface area contributed by atoms with E-state index in [1.165, 1.54) is 12.8 Å². The van der Waals surface area contributed by atoms with Gasteiger partial charge < -0.3 is 16.0 Å². The molecule has 1 aliphatic carbocycles. The first-order valence-corrected chi connectivity index (χ1v) is 10.2. The highest BCUT2D eigenvalue weighted by atomic mass is 16.2. The molecule has 7 nitrogen and oxygen atoms in total. The minimum Gasteiger partial charge on any atom is -0.328 e. The Hall–Kier alpha value is -2.25. The molecule has 3 atom stereocenters. The zero-order valence-corrected chi connectivity index (χ0v) is 16.1. The molecule has 0 spiro atoms. The topological polar surface area (TPSA) is 105 Å². The van der Waals surface area contributed by atoms with Crippen LogP contribution in [0.3, 0.4) is 0 Å². The van der Waals surface area contributed by atoms with Gasteiger partial charge in [0, 0.05) is 31.1 Å². The molecule has 2 fully saturated rings. The number of carbonyl (C=O) groups excluding carboxylic acids is 3. The van der Waals surface area contributed by atoms with Crippen molar-refractivity contribution in [1.29, 1.82) is 0 Å². The van der Waals surface area contributed by atoms with Crippen LogP contribution < -0.4 is 16.4 Å².